The Morgan fingerprint density at radius 3 is 2.79 bits per heavy atom. The number of aryl methyl sites for hydroxylation is 1. The molecule has 0 aliphatic rings. The lowest BCUT2D eigenvalue weighted by Gasteiger charge is -2.09. The lowest BCUT2D eigenvalue weighted by molar-refractivity contribution is 0.283. The fraction of sp³-hybridized carbons (Fsp3) is 0.182. The molecule has 8 heteroatoms. The van der Waals surface area contributed by atoms with E-state index in [1.807, 2.05) is 0 Å². The molecule has 2 rings (SSSR count). The number of hydrogen-bond acceptors (Lipinski definition) is 4. The van der Waals surface area contributed by atoms with Crippen LogP contribution in [0.1, 0.15) is 5.82 Å². The Kier molecular flexibility index (Phi) is 3.77. The Bertz CT molecular complexity index is 700. The summed E-state index contributed by atoms with van der Waals surface area (Å²) in [5.41, 5.74) is 0. The van der Waals surface area contributed by atoms with E-state index in [0.717, 1.165) is 12.1 Å². The maximum absolute atomic E-state index is 13.1. The number of rotatable bonds is 4. The largest absolute Gasteiger partial charge is 0.484 e. The average molecular weight is 305 g/mol. The first-order valence-electron chi connectivity index (χ1n) is 5.21. The summed E-state index contributed by atoms with van der Waals surface area (Å²) in [4.78, 5) is 3.62. The highest BCUT2D eigenvalue weighted by Crippen LogP contribution is 2.28. The van der Waals surface area contributed by atoms with Crippen LogP contribution in [0.15, 0.2) is 35.5 Å². The summed E-state index contributed by atoms with van der Waals surface area (Å²) in [6, 6.07) is 3.13. The van der Waals surface area contributed by atoms with Gasteiger partial charge in [-0.05, 0) is 18.2 Å². The van der Waals surface area contributed by atoms with Crippen molar-refractivity contribution < 1.29 is 17.5 Å². The molecule has 0 saturated carbocycles. The lowest BCUT2D eigenvalue weighted by atomic mass is 10.3. The van der Waals surface area contributed by atoms with E-state index in [9.17, 15) is 12.8 Å². The molecule has 0 aliphatic carbocycles. The minimum Gasteiger partial charge on any atom is -0.484 e. The molecule has 1 aromatic heterocycles. The molecular formula is C11H10ClFN2O3S. The summed E-state index contributed by atoms with van der Waals surface area (Å²) in [5, 5.41) is 0. The molecule has 1 aromatic carbocycles. The maximum Gasteiger partial charge on any atom is 0.265 e. The lowest BCUT2D eigenvalue weighted by Crippen LogP contribution is -2.05. The van der Waals surface area contributed by atoms with E-state index in [1.165, 1.54) is 6.07 Å². The Morgan fingerprint density at radius 2 is 2.21 bits per heavy atom. The highest BCUT2D eigenvalue weighted by Gasteiger charge is 2.18. The predicted molar refractivity (Wildman–Crippen MR) is 67.0 cm³/mol. The molecule has 0 spiro atoms. The van der Waals surface area contributed by atoms with Crippen molar-refractivity contribution in [2.75, 3.05) is 0 Å². The van der Waals surface area contributed by atoms with Crippen LogP contribution in [0.5, 0.6) is 5.75 Å². The zero-order chi connectivity index (χ0) is 14.0. The van der Waals surface area contributed by atoms with Gasteiger partial charge < -0.3 is 9.30 Å². The van der Waals surface area contributed by atoms with Crippen LogP contribution in [0.2, 0.25) is 0 Å². The van der Waals surface area contributed by atoms with Gasteiger partial charge in [0.15, 0.2) is 0 Å². The monoisotopic (exact) mass is 304 g/mol. The van der Waals surface area contributed by atoms with Gasteiger partial charge in [-0.2, -0.15) is 0 Å². The number of nitrogens with zero attached hydrogens (tertiary/aromatic N) is 2. The second kappa shape index (κ2) is 5.18. The summed E-state index contributed by atoms with van der Waals surface area (Å²) in [6.07, 6.45) is 3.31. The van der Waals surface area contributed by atoms with Gasteiger partial charge in [0.05, 0.1) is 0 Å². The van der Waals surface area contributed by atoms with Crippen molar-refractivity contribution >= 4 is 19.7 Å². The molecule has 0 atom stereocenters. The van der Waals surface area contributed by atoms with Gasteiger partial charge in [-0.1, -0.05) is 0 Å². The quantitative estimate of drug-likeness (QED) is 0.811. The molecule has 19 heavy (non-hydrogen) atoms. The van der Waals surface area contributed by atoms with Crippen molar-refractivity contribution in [2.45, 2.75) is 11.5 Å². The SMILES string of the molecule is Cn1ccnc1COc1ccc(F)cc1S(=O)(=O)Cl. The van der Waals surface area contributed by atoms with Crippen molar-refractivity contribution in [3.63, 3.8) is 0 Å². The predicted octanol–water partition coefficient (Wildman–Crippen LogP) is 2.07. The first kappa shape index (κ1) is 13.8. The van der Waals surface area contributed by atoms with Gasteiger partial charge in [-0.25, -0.2) is 17.8 Å². The van der Waals surface area contributed by atoms with Crippen LogP contribution in [0, 0.1) is 5.82 Å². The van der Waals surface area contributed by atoms with E-state index in [1.54, 1.807) is 24.0 Å². The van der Waals surface area contributed by atoms with Crippen molar-refractivity contribution in [3.8, 4) is 5.75 Å². The minimum absolute atomic E-state index is 0.0144. The van der Waals surface area contributed by atoms with Crippen LogP contribution in [-0.4, -0.2) is 18.0 Å². The number of hydrogen-bond donors (Lipinski definition) is 0. The second-order valence-electron chi connectivity index (χ2n) is 3.77. The third-order valence-corrected chi connectivity index (χ3v) is 3.79. The van der Waals surface area contributed by atoms with Gasteiger partial charge >= 0.3 is 0 Å². The van der Waals surface area contributed by atoms with Gasteiger partial charge in [0.1, 0.15) is 28.9 Å². The molecular weight excluding hydrogens is 295 g/mol. The molecule has 0 amide bonds. The van der Waals surface area contributed by atoms with E-state index < -0.39 is 19.8 Å². The second-order valence-corrected chi connectivity index (χ2v) is 6.31. The van der Waals surface area contributed by atoms with Crippen LogP contribution in [0.4, 0.5) is 4.39 Å². The number of aromatic nitrogens is 2. The van der Waals surface area contributed by atoms with E-state index in [2.05, 4.69) is 4.98 Å². The molecule has 0 saturated heterocycles. The molecule has 0 fully saturated rings. The van der Waals surface area contributed by atoms with Gasteiger partial charge in [0.2, 0.25) is 0 Å². The fourth-order valence-electron chi connectivity index (χ4n) is 1.47. The van der Waals surface area contributed by atoms with E-state index in [0.29, 0.717) is 5.82 Å². The average Bonchev–Trinajstić information content (AvgIpc) is 2.72. The number of ether oxygens (including phenoxy) is 1. The summed E-state index contributed by atoms with van der Waals surface area (Å²) in [6.45, 7) is 0.0501. The van der Waals surface area contributed by atoms with Crippen molar-refractivity contribution in [1.29, 1.82) is 0 Å². The van der Waals surface area contributed by atoms with Crippen LogP contribution in [0.25, 0.3) is 0 Å². The number of benzene rings is 1. The normalized spacial score (nSPS) is 11.5. The fourth-order valence-corrected chi connectivity index (χ4v) is 2.45. The molecule has 102 valence electrons. The van der Waals surface area contributed by atoms with Gasteiger partial charge in [0.25, 0.3) is 9.05 Å². The molecule has 0 bridgehead atoms. The van der Waals surface area contributed by atoms with Crippen LogP contribution in [-0.2, 0) is 22.7 Å². The van der Waals surface area contributed by atoms with Crippen LogP contribution < -0.4 is 4.74 Å². The molecule has 0 radical (unpaired) electrons. The molecule has 2 aromatic rings. The van der Waals surface area contributed by atoms with Gasteiger partial charge in [-0.15, -0.1) is 0 Å². The van der Waals surface area contributed by atoms with Crippen molar-refractivity contribution in [1.82, 2.24) is 9.55 Å². The Balaban J connectivity index is 2.28. The molecule has 0 aliphatic heterocycles. The Morgan fingerprint density at radius 1 is 1.47 bits per heavy atom. The summed E-state index contributed by atoms with van der Waals surface area (Å²) in [5.74, 6) is -0.120. The molecule has 1 heterocycles. The first-order valence-corrected chi connectivity index (χ1v) is 7.52. The summed E-state index contributed by atoms with van der Waals surface area (Å²) in [7, 11) is 2.93. The molecule has 0 unspecified atom stereocenters. The van der Waals surface area contributed by atoms with Crippen molar-refractivity contribution in [3.05, 3.63) is 42.2 Å². The smallest absolute Gasteiger partial charge is 0.265 e. The van der Waals surface area contributed by atoms with Gasteiger partial charge in [0, 0.05) is 30.1 Å². The highest BCUT2D eigenvalue weighted by atomic mass is 35.7. The topological polar surface area (TPSA) is 61.2 Å². The highest BCUT2D eigenvalue weighted by molar-refractivity contribution is 8.13. The maximum atomic E-state index is 13.1. The Labute approximate surface area is 114 Å². The van der Waals surface area contributed by atoms with E-state index in [-0.39, 0.29) is 12.4 Å². The van der Waals surface area contributed by atoms with E-state index in [4.69, 9.17) is 15.4 Å². The summed E-state index contributed by atoms with van der Waals surface area (Å²) >= 11 is 0. The van der Waals surface area contributed by atoms with Crippen LogP contribution >= 0.6 is 10.7 Å². The molecule has 5 nitrogen and oxygen atoms in total. The third kappa shape index (κ3) is 3.24. The standard InChI is InChI=1S/C11H10ClFN2O3S/c1-15-5-4-14-11(15)7-18-9-3-2-8(13)6-10(9)19(12,16)17/h2-6H,7H2,1H3. The van der Waals surface area contributed by atoms with Gasteiger partial charge in [-0.3, -0.25) is 0 Å². The minimum atomic E-state index is -4.08. The number of halogens is 2. The zero-order valence-electron chi connectivity index (χ0n) is 9.88. The third-order valence-electron chi connectivity index (χ3n) is 2.45. The first-order chi connectivity index (χ1) is 8.88. The molecule has 0 N–H and O–H groups in total. The van der Waals surface area contributed by atoms with Crippen LogP contribution in [0.3, 0.4) is 0 Å². The number of imidazole rings is 1. The zero-order valence-corrected chi connectivity index (χ0v) is 11.4. The van der Waals surface area contributed by atoms with Crippen molar-refractivity contribution in [2.24, 2.45) is 7.05 Å². The summed E-state index contributed by atoms with van der Waals surface area (Å²) < 4.78 is 42.8. The van der Waals surface area contributed by atoms with E-state index >= 15 is 0 Å². The Hall–Kier alpha value is -1.60.